The number of likely N-dealkylation sites (tertiary alicyclic amines) is 1. The van der Waals surface area contributed by atoms with Crippen molar-refractivity contribution in [3.8, 4) is 0 Å². The molecule has 0 unspecified atom stereocenters. The Morgan fingerprint density at radius 3 is 2.50 bits per heavy atom. The fourth-order valence-electron chi connectivity index (χ4n) is 4.65. The van der Waals surface area contributed by atoms with Gasteiger partial charge in [-0.15, -0.1) is 0 Å². The van der Waals surface area contributed by atoms with Crippen LogP contribution in [0.25, 0.3) is 10.9 Å². The Morgan fingerprint density at radius 2 is 1.75 bits per heavy atom. The first-order chi connectivity index (χ1) is 13.6. The maximum Gasteiger partial charge on any atom is 0.123 e. The van der Waals surface area contributed by atoms with Gasteiger partial charge in [-0.2, -0.15) is 0 Å². The zero-order valence-electron chi connectivity index (χ0n) is 16.7. The number of halogens is 1. The van der Waals surface area contributed by atoms with Crippen LogP contribution in [0.3, 0.4) is 0 Å². The van der Waals surface area contributed by atoms with Crippen LogP contribution in [-0.4, -0.2) is 83.8 Å². The van der Waals surface area contributed by atoms with Crippen molar-refractivity contribution < 1.29 is 9.50 Å². The Hall–Kier alpha value is -1.60. The van der Waals surface area contributed by atoms with Gasteiger partial charge in [0.1, 0.15) is 5.82 Å². The van der Waals surface area contributed by atoms with Gasteiger partial charge in [-0.25, -0.2) is 4.39 Å². The number of pyridine rings is 1. The molecular weight excluding hydrogens is 355 g/mol. The van der Waals surface area contributed by atoms with Crippen molar-refractivity contribution in [3.05, 3.63) is 41.8 Å². The van der Waals surface area contributed by atoms with Crippen molar-refractivity contribution in [3.63, 3.8) is 0 Å². The third-order valence-corrected chi connectivity index (χ3v) is 6.39. The second-order valence-electron chi connectivity index (χ2n) is 8.27. The first kappa shape index (κ1) is 19.7. The number of likely N-dealkylation sites (N-methyl/N-ethyl adjacent to an activating group) is 1. The molecule has 1 aromatic heterocycles. The van der Waals surface area contributed by atoms with E-state index in [0.717, 1.165) is 75.5 Å². The largest absolute Gasteiger partial charge is 0.396 e. The van der Waals surface area contributed by atoms with E-state index in [9.17, 15) is 9.50 Å². The van der Waals surface area contributed by atoms with Gasteiger partial charge in [0.05, 0.1) is 11.2 Å². The molecule has 28 heavy (non-hydrogen) atoms. The van der Waals surface area contributed by atoms with Crippen LogP contribution in [0.1, 0.15) is 12.6 Å². The standard InChI is InChI=1S/C22H31FN4O/c1-2-25-7-9-26(10-8-25)12-18-13-27(14-19(18)16-28)15-21-5-3-17-11-20(23)4-6-22(17)24-21/h3-6,11,18-19,28H,2,7-10,12-16H2,1H3/t18-,19-/m1/s1. The number of aromatic nitrogens is 1. The summed E-state index contributed by atoms with van der Waals surface area (Å²) in [5.41, 5.74) is 1.84. The van der Waals surface area contributed by atoms with Crippen LogP contribution >= 0.6 is 0 Å². The van der Waals surface area contributed by atoms with Crippen molar-refractivity contribution in [2.75, 3.05) is 59.0 Å². The maximum atomic E-state index is 13.4. The van der Waals surface area contributed by atoms with E-state index in [1.807, 2.05) is 12.1 Å². The lowest BCUT2D eigenvalue weighted by Crippen LogP contribution is -2.48. The molecule has 2 fully saturated rings. The molecule has 2 aromatic rings. The molecule has 2 aliphatic rings. The molecule has 2 atom stereocenters. The zero-order chi connectivity index (χ0) is 19.5. The Balaban J connectivity index is 1.36. The van der Waals surface area contributed by atoms with Crippen molar-refractivity contribution >= 4 is 10.9 Å². The first-order valence-electron chi connectivity index (χ1n) is 10.5. The number of benzene rings is 1. The van der Waals surface area contributed by atoms with Gasteiger partial charge in [0.25, 0.3) is 0 Å². The summed E-state index contributed by atoms with van der Waals surface area (Å²) in [6, 6.07) is 8.68. The predicted molar refractivity (Wildman–Crippen MR) is 110 cm³/mol. The summed E-state index contributed by atoms with van der Waals surface area (Å²) in [7, 11) is 0. The van der Waals surface area contributed by atoms with E-state index in [4.69, 9.17) is 4.98 Å². The summed E-state index contributed by atoms with van der Waals surface area (Å²) in [5.74, 6) is 0.612. The summed E-state index contributed by atoms with van der Waals surface area (Å²) in [6.45, 7) is 11.9. The van der Waals surface area contributed by atoms with E-state index in [1.54, 1.807) is 6.07 Å². The number of piperazine rings is 1. The molecular formula is C22H31FN4O. The molecule has 0 bridgehead atoms. The quantitative estimate of drug-likeness (QED) is 0.823. The monoisotopic (exact) mass is 386 g/mol. The highest BCUT2D eigenvalue weighted by Gasteiger charge is 2.34. The van der Waals surface area contributed by atoms with Gasteiger partial charge in [0.15, 0.2) is 0 Å². The maximum absolute atomic E-state index is 13.4. The van der Waals surface area contributed by atoms with Gasteiger partial charge in [-0.3, -0.25) is 9.88 Å². The van der Waals surface area contributed by atoms with Crippen LogP contribution in [0, 0.1) is 17.7 Å². The van der Waals surface area contributed by atoms with Gasteiger partial charge < -0.3 is 14.9 Å². The number of rotatable bonds is 6. The van der Waals surface area contributed by atoms with Crippen molar-refractivity contribution in [1.29, 1.82) is 0 Å². The lowest BCUT2D eigenvalue weighted by atomic mass is 9.96. The lowest BCUT2D eigenvalue weighted by molar-refractivity contribution is 0.106. The molecule has 2 aliphatic heterocycles. The second-order valence-corrected chi connectivity index (χ2v) is 8.27. The molecule has 0 radical (unpaired) electrons. The van der Waals surface area contributed by atoms with Gasteiger partial charge in [0.2, 0.25) is 0 Å². The van der Waals surface area contributed by atoms with Crippen LogP contribution in [0.4, 0.5) is 4.39 Å². The van der Waals surface area contributed by atoms with Crippen molar-refractivity contribution in [2.24, 2.45) is 11.8 Å². The average molecular weight is 387 g/mol. The van der Waals surface area contributed by atoms with Crippen LogP contribution in [0.2, 0.25) is 0 Å². The van der Waals surface area contributed by atoms with Gasteiger partial charge in [0, 0.05) is 64.4 Å². The minimum absolute atomic E-state index is 0.227. The molecule has 6 heteroatoms. The minimum atomic E-state index is -0.227. The molecule has 152 valence electrons. The van der Waals surface area contributed by atoms with Gasteiger partial charge >= 0.3 is 0 Å². The Kier molecular flexibility index (Phi) is 6.21. The second kappa shape index (κ2) is 8.82. The number of aliphatic hydroxyl groups is 1. The molecule has 1 aromatic carbocycles. The Bertz CT molecular complexity index is 793. The van der Waals surface area contributed by atoms with Crippen LogP contribution < -0.4 is 0 Å². The summed E-state index contributed by atoms with van der Waals surface area (Å²) < 4.78 is 13.4. The van der Waals surface area contributed by atoms with Crippen LogP contribution in [-0.2, 0) is 6.54 Å². The topological polar surface area (TPSA) is 42.8 Å². The van der Waals surface area contributed by atoms with E-state index in [-0.39, 0.29) is 12.4 Å². The molecule has 0 aliphatic carbocycles. The summed E-state index contributed by atoms with van der Waals surface area (Å²) in [6.07, 6.45) is 0. The molecule has 0 saturated carbocycles. The molecule has 5 nitrogen and oxygen atoms in total. The molecule has 0 amide bonds. The van der Waals surface area contributed by atoms with Crippen molar-refractivity contribution in [1.82, 2.24) is 19.7 Å². The predicted octanol–water partition coefficient (Wildman–Crippen LogP) is 2.05. The third kappa shape index (κ3) is 4.51. The minimum Gasteiger partial charge on any atom is -0.396 e. The Morgan fingerprint density at radius 1 is 1.00 bits per heavy atom. The number of nitrogens with zero attached hydrogens (tertiary/aromatic N) is 4. The SMILES string of the molecule is CCN1CCN(C[C@@H]2CN(Cc3ccc4cc(F)ccc4n3)C[C@@H]2CO)CC1. The molecule has 2 saturated heterocycles. The van der Waals surface area contributed by atoms with Gasteiger partial charge in [-0.05, 0) is 42.6 Å². The van der Waals surface area contributed by atoms with Crippen LogP contribution in [0.15, 0.2) is 30.3 Å². The number of hydrogen-bond acceptors (Lipinski definition) is 5. The van der Waals surface area contributed by atoms with Gasteiger partial charge in [-0.1, -0.05) is 13.0 Å². The molecule has 3 heterocycles. The molecule has 4 rings (SSSR count). The first-order valence-corrected chi connectivity index (χ1v) is 10.5. The fourth-order valence-corrected chi connectivity index (χ4v) is 4.65. The zero-order valence-corrected chi connectivity index (χ0v) is 16.7. The van der Waals surface area contributed by atoms with E-state index in [0.29, 0.717) is 11.8 Å². The summed E-state index contributed by atoms with van der Waals surface area (Å²) in [4.78, 5) is 12.2. The molecule has 1 N–H and O–H groups in total. The van der Waals surface area contributed by atoms with Crippen LogP contribution in [0.5, 0.6) is 0 Å². The fraction of sp³-hybridized carbons (Fsp3) is 0.591. The Labute approximate surface area is 166 Å². The van der Waals surface area contributed by atoms with E-state index < -0.39 is 0 Å². The number of aliphatic hydroxyl groups excluding tert-OH is 1. The van der Waals surface area contributed by atoms with Crippen molar-refractivity contribution in [2.45, 2.75) is 13.5 Å². The number of fused-ring (bicyclic) bond motifs is 1. The van der Waals surface area contributed by atoms with E-state index >= 15 is 0 Å². The van der Waals surface area contributed by atoms with E-state index in [2.05, 4.69) is 21.6 Å². The summed E-state index contributed by atoms with van der Waals surface area (Å²) >= 11 is 0. The smallest absolute Gasteiger partial charge is 0.123 e. The molecule has 0 spiro atoms. The lowest BCUT2D eigenvalue weighted by Gasteiger charge is -2.36. The van der Waals surface area contributed by atoms with E-state index in [1.165, 1.54) is 12.1 Å². The average Bonchev–Trinajstić information content (AvgIpc) is 3.10. The highest BCUT2D eigenvalue weighted by atomic mass is 19.1. The highest BCUT2D eigenvalue weighted by molar-refractivity contribution is 5.78. The third-order valence-electron chi connectivity index (χ3n) is 6.39. The summed E-state index contributed by atoms with van der Waals surface area (Å²) in [5, 5.41) is 10.7. The number of hydrogen-bond donors (Lipinski definition) is 1. The highest BCUT2D eigenvalue weighted by Crippen LogP contribution is 2.26. The normalized spacial score (nSPS) is 25.0.